The fourth-order valence-electron chi connectivity index (χ4n) is 5.77. The van der Waals surface area contributed by atoms with Crippen LogP contribution in [-0.2, 0) is 26.3 Å². The van der Waals surface area contributed by atoms with Crippen LogP contribution in [0, 0.1) is 5.82 Å². The molecule has 0 radical (unpaired) electrons. The van der Waals surface area contributed by atoms with Crippen molar-refractivity contribution >= 4 is 39.9 Å². The molecule has 1 fully saturated rings. The summed E-state index contributed by atoms with van der Waals surface area (Å²) in [6, 6.07) is 4.55. The molecule has 1 aromatic heterocycles. The molecule has 0 aliphatic carbocycles. The summed E-state index contributed by atoms with van der Waals surface area (Å²) in [6.45, 7) is 7.69. The number of carbonyl (C=O) groups excluding carboxylic acids is 2. The number of amides is 1. The number of nitrogens with zero attached hydrogens (tertiary/aromatic N) is 2. The van der Waals surface area contributed by atoms with E-state index >= 15 is 4.39 Å². The zero-order valence-electron chi connectivity index (χ0n) is 27.7. The first kappa shape index (κ1) is 36.3. The van der Waals surface area contributed by atoms with Gasteiger partial charge in [0.15, 0.2) is 29.2 Å². The number of fused-ring (bicyclic) bond motifs is 1. The van der Waals surface area contributed by atoms with Gasteiger partial charge in [0.05, 0.1) is 45.1 Å². The van der Waals surface area contributed by atoms with E-state index in [-0.39, 0.29) is 23.1 Å². The lowest BCUT2D eigenvalue weighted by atomic mass is 9.84. The van der Waals surface area contributed by atoms with Crippen LogP contribution in [0.4, 0.5) is 29.1 Å². The van der Waals surface area contributed by atoms with Crippen LogP contribution in [0.1, 0.15) is 56.5 Å². The molecule has 1 aliphatic rings. The molecular formula is C33H39F4N3O8. The van der Waals surface area contributed by atoms with Crippen molar-refractivity contribution in [2.24, 2.45) is 0 Å². The number of aliphatic carboxylic acids is 1. The number of anilines is 2. The molecular weight excluding hydrogens is 642 g/mol. The van der Waals surface area contributed by atoms with Gasteiger partial charge in [-0.3, -0.25) is 9.59 Å². The third-order valence-corrected chi connectivity index (χ3v) is 8.16. The molecule has 0 bridgehead atoms. The summed E-state index contributed by atoms with van der Waals surface area (Å²) in [5, 5.41) is 10.8. The first-order chi connectivity index (χ1) is 22.4. The molecule has 0 saturated carbocycles. The van der Waals surface area contributed by atoms with Crippen molar-refractivity contribution in [2.75, 3.05) is 44.6 Å². The highest BCUT2D eigenvalue weighted by atomic mass is 19.4. The van der Waals surface area contributed by atoms with Crippen LogP contribution < -0.4 is 24.4 Å². The Bertz CT molecular complexity index is 1710. The van der Waals surface area contributed by atoms with Crippen LogP contribution in [0.5, 0.6) is 17.2 Å². The average Bonchev–Trinajstić information content (AvgIpc) is 3.62. The summed E-state index contributed by atoms with van der Waals surface area (Å²) >= 11 is 0. The molecule has 3 aromatic rings. The molecule has 48 heavy (non-hydrogen) atoms. The Morgan fingerprint density at radius 3 is 2.25 bits per heavy atom. The minimum absolute atomic E-state index is 0.0456. The highest BCUT2D eigenvalue weighted by molar-refractivity contribution is 6.06. The number of ketones is 1. The number of Topliss-reactive ketones (excluding diaryl/α,β-unsaturated/α-hetero) is 1. The molecule has 1 aliphatic heterocycles. The molecule has 2 unspecified atom stereocenters. The molecule has 11 nitrogen and oxygen atoms in total. The quantitative estimate of drug-likeness (QED) is 0.176. The first-order valence-electron chi connectivity index (χ1n) is 15.1. The van der Waals surface area contributed by atoms with Gasteiger partial charge in [-0.05, 0) is 36.5 Å². The fourth-order valence-corrected chi connectivity index (χ4v) is 5.77. The predicted octanol–water partition coefficient (Wildman–Crippen LogP) is 5.95. The summed E-state index contributed by atoms with van der Waals surface area (Å²) in [5.41, 5.74) is 0.855. The lowest BCUT2D eigenvalue weighted by Crippen LogP contribution is -2.31. The molecule has 2 atom stereocenters. The number of methoxy groups -OCH3 is 3. The van der Waals surface area contributed by atoms with Crippen molar-refractivity contribution in [2.45, 2.75) is 70.9 Å². The van der Waals surface area contributed by atoms with E-state index in [1.807, 2.05) is 25.7 Å². The van der Waals surface area contributed by atoms with Gasteiger partial charge >= 0.3 is 18.1 Å². The second-order valence-corrected chi connectivity index (χ2v) is 12.4. The van der Waals surface area contributed by atoms with Gasteiger partial charge < -0.3 is 38.8 Å². The second-order valence-electron chi connectivity index (χ2n) is 12.4. The van der Waals surface area contributed by atoms with Crippen LogP contribution >= 0.6 is 0 Å². The van der Waals surface area contributed by atoms with Crippen LogP contribution in [0.3, 0.4) is 0 Å². The smallest absolute Gasteiger partial charge is 0.471 e. The van der Waals surface area contributed by atoms with Gasteiger partial charge in [0.25, 0.3) is 0 Å². The largest absolute Gasteiger partial charge is 0.494 e. The third-order valence-electron chi connectivity index (χ3n) is 8.16. The summed E-state index contributed by atoms with van der Waals surface area (Å²) in [6.07, 6.45) is -4.62. The number of carbonyl (C=O) groups is 3. The maximum atomic E-state index is 15.7. The Balaban J connectivity index is 1.80. The number of aromatic nitrogens is 1. The van der Waals surface area contributed by atoms with Gasteiger partial charge in [0.1, 0.15) is 11.6 Å². The fraction of sp³-hybridized carbons (Fsp3) is 0.485. The minimum Gasteiger partial charge on any atom is -0.494 e. The Morgan fingerprint density at radius 2 is 1.71 bits per heavy atom. The minimum atomic E-state index is -5.30. The molecule has 1 saturated heterocycles. The molecule has 4 rings (SSSR count). The van der Waals surface area contributed by atoms with Gasteiger partial charge in [0, 0.05) is 35.8 Å². The topological polar surface area (TPSA) is 129 Å². The SMILES string of the molecule is CCC(OC1CCN(c2cc(C(=O)Cn3cc4cc(OC)c(OC)c(F)c4c3NC(=O)C(F)(F)F)cc(C(C)(C)C)c2OC)C1)C(=O)O. The van der Waals surface area contributed by atoms with E-state index in [0.29, 0.717) is 36.5 Å². The molecule has 2 heterocycles. The van der Waals surface area contributed by atoms with Gasteiger partial charge in [-0.25, -0.2) is 9.18 Å². The highest BCUT2D eigenvalue weighted by Gasteiger charge is 2.40. The number of halogens is 4. The maximum absolute atomic E-state index is 15.7. The number of alkyl halides is 3. The van der Waals surface area contributed by atoms with E-state index in [2.05, 4.69) is 0 Å². The van der Waals surface area contributed by atoms with Crippen molar-refractivity contribution in [3.05, 3.63) is 41.3 Å². The number of carboxylic acid groups (broad SMARTS) is 1. The van der Waals surface area contributed by atoms with Crippen molar-refractivity contribution in [3.8, 4) is 17.2 Å². The summed E-state index contributed by atoms with van der Waals surface area (Å²) in [5.74, 6) is -5.60. The molecule has 1 amide bonds. The zero-order chi connectivity index (χ0) is 35.7. The Morgan fingerprint density at radius 1 is 1.04 bits per heavy atom. The molecule has 15 heteroatoms. The zero-order valence-corrected chi connectivity index (χ0v) is 27.7. The summed E-state index contributed by atoms with van der Waals surface area (Å²) < 4.78 is 78.7. The van der Waals surface area contributed by atoms with E-state index in [1.165, 1.54) is 26.5 Å². The summed E-state index contributed by atoms with van der Waals surface area (Å²) in [7, 11) is 3.90. The van der Waals surface area contributed by atoms with Crippen LogP contribution in [0.25, 0.3) is 10.8 Å². The number of nitrogens with one attached hydrogen (secondary N) is 1. The van der Waals surface area contributed by atoms with E-state index in [1.54, 1.807) is 24.4 Å². The van der Waals surface area contributed by atoms with Crippen molar-refractivity contribution < 1.29 is 56.0 Å². The number of benzene rings is 2. The Kier molecular flexibility index (Phi) is 10.5. The Labute approximate surface area is 274 Å². The monoisotopic (exact) mass is 681 g/mol. The number of rotatable bonds is 12. The van der Waals surface area contributed by atoms with Crippen LogP contribution in [0.15, 0.2) is 24.4 Å². The Hall–Kier alpha value is -4.53. The second kappa shape index (κ2) is 13.9. The van der Waals surface area contributed by atoms with Crippen molar-refractivity contribution in [1.29, 1.82) is 0 Å². The number of hydrogen-bond acceptors (Lipinski definition) is 8. The van der Waals surface area contributed by atoms with E-state index < -0.39 is 70.8 Å². The summed E-state index contributed by atoms with van der Waals surface area (Å²) in [4.78, 5) is 39.5. The molecule has 0 spiro atoms. The lowest BCUT2D eigenvalue weighted by Gasteiger charge is -2.29. The van der Waals surface area contributed by atoms with Crippen LogP contribution in [0.2, 0.25) is 0 Å². The van der Waals surface area contributed by atoms with E-state index in [9.17, 15) is 32.7 Å². The lowest BCUT2D eigenvalue weighted by molar-refractivity contribution is -0.167. The van der Waals surface area contributed by atoms with Crippen molar-refractivity contribution in [3.63, 3.8) is 0 Å². The van der Waals surface area contributed by atoms with Gasteiger partial charge in [-0.15, -0.1) is 0 Å². The van der Waals surface area contributed by atoms with Gasteiger partial charge in [-0.1, -0.05) is 27.7 Å². The molecule has 2 aromatic carbocycles. The number of carboxylic acids is 1. The first-order valence-corrected chi connectivity index (χ1v) is 15.1. The number of hydrogen-bond donors (Lipinski definition) is 2. The van der Waals surface area contributed by atoms with Crippen molar-refractivity contribution in [1.82, 2.24) is 4.57 Å². The van der Waals surface area contributed by atoms with E-state index in [4.69, 9.17) is 18.9 Å². The van der Waals surface area contributed by atoms with Gasteiger partial charge in [0.2, 0.25) is 0 Å². The predicted molar refractivity (Wildman–Crippen MR) is 169 cm³/mol. The normalized spacial score (nSPS) is 15.8. The molecule has 2 N–H and O–H groups in total. The highest BCUT2D eigenvalue weighted by Crippen LogP contribution is 2.43. The average molecular weight is 682 g/mol. The maximum Gasteiger partial charge on any atom is 0.471 e. The third kappa shape index (κ3) is 7.30. The van der Waals surface area contributed by atoms with Gasteiger partial charge in [-0.2, -0.15) is 13.2 Å². The van der Waals surface area contributed by atoms with Crippen LogP contribution in [-0.4, -0.2) is 80.1 Å². The standard InChI is InChI=1S/C33H39F4N3O8/c1-8-23(30(42)43)48-19-9-10-39(15-19)21-12-17(11-20(27(21)46-6)32(2,3)4)22(41)16-40-14-18-13-24(45-5)28(47-7)26(34)25(18)29(40)38-31(44)33(35,36)37/h11-14,19,23H,8-10,15-16H2,1-7H3,(H,38,44)(H,42,43). The molecule has 262 valence electrons. The van der Waals surface area contributed by atoms with E-state index in [0.717, 1.165) is 11.7 Å². The number of ether oxygens (including phenoxy) is 4.